The number of hydrogen-bond donors (Lipinski definition) is 2. The molecule has 0 aliphatic rings. The molecule has 2 aromatic rings. The minimum Gasteiger partial charge on any atom is -0.494 e. The van der Waals surface area contributed by atoms with Crippen LogP contribution in [0.2, 0.25) is 0 Å². The molecule has 0 atom stereocenters. The fraction of sp³-hybridized carbons (Fsp3) is 0.200. The molecular formula is C15H14N2O3. The van der Waals surface area contributed by atoms with Gasteiger partial charge in [-0.25, -0.2) is 4.79 Å². The molecule has 1 aromatic heterocycles. The molecule has 5 nitrogen and oxygen atoms in total. The Morgan fingerprint density at radius 2 is 2.00 bits per heavy atom. The van der Waals surface area contributed by atoms with Crippen molar-refractivity contribution >= 4 is 0 Å². The second-order valence-electron chi connectivity index (χ2n) is 4.29. The molecule has 0 radical (unpaired) electrons. The number of rotatable bonds is 2. The van der Waals surface area contributed by atoms with Gasteiger partial charge in [0.05, 0.1) is 6.54 Å². The molecule has 1 aromatic carbocycles. The van der Waals surface area contributed by atoms with E-state index in [1.165, 1.54) is 0 Å². The zero-order valence-corrected chi connectivity index (χ0v) is 11.2. The van der Waals surface area contributed by atoms with Gasteiger partial charge < -0.3 is 5.11 Å². The lowest BCUT2D eigenvalue weighted by Crippen LogP contribution is -2.30. The van der Waals surface area contributed by atoms with Crippen LogP contribution in [0.4, 0.5) is 0 Å². The monoisotopic (exact) mass is 270 g/mol. The van der Waals surface area contributed by atoms with Crippen LogP contribution >= 0.6 is 0 Å². The molecule has 0 bridgehead atoms. The molecule has 0 fully saturated rings. The molecule has 2 N–H and O–H groups in total. The Balaban J connectivity index is 2.77. The molecule has 5 heteroatoms. The summed E-state index contributed by atoms with van der Waals surface area (Å²) in [6.45, 7) is 3.49. The van der Waals surface area contributed by atoms with E-state index in [0.29, 0.717) is 5.56 Å². The summed E-state index contributed by atoms with van der Waals surface area (Å²) in [6.07, 6.45) is 0. The highest BCUT2D eigenvalue weighted by atomic mass is 16.3. The number of hydrogen-bond acceptors (Lipinski definition) is 3. The summed E-state index contributed by atoms with van der Waals surface area (Å²) in [5.74, 6) is 4.97. The van der Waals surface area contributed by atoms with Gasteiger partial charge >= 0.3 is 5.69 Å². The summed E-state index contributed by atoms with van der Waals surface area (Å²) >= 11 is 0. The molecular weight excluding hydrogens is 256 g/mol. The van der Waals surface area contributed by atoms with Gasteiger partial charge in [0, 0.05) is 0 Å². The summed E-state index contributed by atoms with van der Waals surface area (Å²) < 4.78 is 1.04. The molecule has 0 unspecified atom stereocenters. The highest BCUT2D eigenvalue weighted by Crippen LogP contribution is 2.26. The van der Waals surface area contributed by atoms with Gasteiger partial charge in [-0.2, -0.15) is 0 Å². The lowest BCUT2D eigenvalue weighted by atomic mass is 10.0. The lowest BCUT2D eigenvalue weighted by molar-refractivity contribution is 0.415. The van der Waals surface area contributed by atoms with Crippen LogP contribution in [0.5, 0.6) is 5.88 Å². The number of aromatic amines is 1. The Hall–Kier alpha value is -2.74. The van der Waals surface area contributed by atoms with E-state index in [1.807, 2.05) is 19.1 Å². The van der Waals surface area contributed by atoms with E-state index in [4.69, 9.17) is 0 Å². The van der Waals surface area contributed by atoms with Crippen molar-refractivity contribution in [1.29, 1.82) is 0 Å². The van der Waals surface area contributed by atoms with Crippen LogP contribution in [-0.4, -0.2) is 14.7 Å². The Labute approximate surface area is 115 Å². The molecule has 0 amide bonds. The number of nitrogens with one attached hydrogen (secondary N) is 1. The molecule has 0 aliphatic carbocycles. The van der Waals surface area contributed by atoms with Crippen molar-refractivity contribution in [3.63, 3.8) is 0 Å². The highest BCUT2D eigenvalue weighted by molar-refractivity contribution is 5.70. The smallest absolute Gasteiger partial charge is 0.332 e. The minimum atomic E-state index is -0.674. The molecule has 20 heavy (non-hydrogen) atoms. The molecule has 2 rings (SSSR count). The van der Waals surface area contributed by atoms with Gasteiger partial charge in [-0.3, -0.25) is 14.3 Å². The first-order valence-electron chi connectivity index (χ1n) is 6.08. The Morgan fingerprint density at radius 1 is 1.30 bits per heavy atom. The van der Waals surface area contributed by atoms with Crippen molar-refractivity contribution < 1.29 is 5.11 Å². The van der Waals surface area contributed by atoms with Gasteiger partial charge in [-0.15, -0.1) is 5.92 Å². The molecule has 0 spiro atoms. The first-order valence-corrected chi connectivity index (χ1v) is 6.08. The first-order chi connectivity index (χ1) is 9.56. The van der Waals surface area contributed by atoms with Crippen molar-refractivity contribution in [2.24, 2.45) is 0 Å². The van der Waals surface area contributed by atoms with E-state index in [0.717, 1.165) is 10.1 Å². The van der Waals surface area contributed by atoms with Crippen LogP contribution in [0.25, 0.3) is 11.1 Å². The molecule has 0 aliphatic heterocycles. The predicted octanol–water partition coefficient (Wildman–Crippen LogP) is 1.24. The van der Waals surface area contributed by atoms with E-state index >= 15 is 0 Å². The topological polar surface area (TPSA) is 75.1 Å². The van der Waals surface area contributed by atoms with E-state index in [-0.39, 0.29) is 18.0 Å². The van der Waals surface area contributed by atoms with Crippen LogP contribution in [-0.2, 0) is 6.54 Å². The van der Waals surface area contributed by atoms with E-state index < -0.39 is 11.2 Å². The standard InChI is InChI=1S/C15H14N2O3/c1-3-4-9-17-14(19)12(13(18)16-15(17)20)11-8-6-5-7-10(11)2/h5-8,19H,9H2,1-2H3,(H,16,18,20). The van der Waals surface area contributed by atoms with Gasteiger partial charge in [0.25, 0.3) is 5.56 Å². The maximum absolute atomic E-state index is 12.0. The third-order valence-corrected chi connectivity index (χ3v) is 3.00. The number of aromatic hydroxyl groups is 1. The van der Waals surface area contributed by atoms with Crippen LogP contribution < -0.4 is 11.2 Å². The van der Waals surface area contributed by atoms with E-state index in [1.54, 1.807) is 19.1 Å². The van der Waals surface area contributed by atoms with Gasteiger partial charge in [-0.1, -0.05) is 30.2 Å². The fourth-order valence-corrected chi connectivity index (χ4v) is 1.96. The maximum atomic E-state index is 12.0. The summed E-state index contributed by atoms with van der Waals surface area (Å²) in [5, 5.41) is 10.2. The predicted molar refractivity (Wildman–Crippen MR) is 76.6 cm³/mol. The van der Waals surface area contributed by atoms with E-state index in [2.05, 4.69) is 16.8 Å². The second kappa shape index (κ2) is 5.49. The average molecular weight is 270 g/mol. The Bertz CT molecular complexity index is 819. The first kappa shape index (κ1) is 13.7. The second-order valence-corrected chi connectivity index (χ2v) is 4.29. The Kier molecular flexibility index (Phi) is 3.76. The van der Waals surface area contributed by atoms with Crippen LogP contribution in [0, 0.1) is 18.8 Å². The minimum absolute atomic E-state index is 0.0246. The van der Waals surface area contributed by atoms with Crippen LogP contribution in [0.15, 0.2) is 33.9 Å². The third-order valence-electron chi connectivity index (χ3n) is 3.00. The molecule has 1 heterocycles. The quantitative estimate of drug-likeness (QED) is 0.806. The third kappa shape index (κ3) is 2.36. The number of nitrogens with zero attached hydrogens (tertiary/aromatic N) is 1. The SMILES string of the molecule is CC#CCn1c(O)c(-c2ccccc2C)c(=O)[nH]c1=O. The summed E-state index contributed by atoms with van der Waals surface area (Å²) in [6, 6.07) is 7.15. The fourth-order valence-electron chi connectivity index (χ4n) is 1.96. The average Bonchev–Trinajstić information content (AvgIpc) is 2.40. The van der Waals surface area contributed by atoms with Crippen LogP contribution in [0.1, 0.15) is 12.5 Å². The molecule has 102 valence electrons. The maximum Gasteiger partial charge on any atom is 0.332 e. The Morgan fingerprint density at radius 3 is 2.65 bits per heavy atom. The molecule has 0 saturated carbocycles. The number of benzene rings is 1. The summed E-state index contributed by atoms with van der Waals surface area (Å²) in [4.78, 5) is 25.9. The molecule has 0 saturated heterocycles. The van der Waals surface area contributed by atoms with Crippen molar-refractivity contribution in [2.75, 3.05) is 0 Å². The van der Waals surface area contributed by atoms with Crippen molar-refractivity contribution in [3.05, 3.63) is 50.7 Å². The van der Waals surface area contributed by atoms with Crippen LogP contribution in [0.3, 0.4) is 0 Å². The van der Waals surface area contributed by atoms with Crippen molar-refractivity contribution in [1.82, 2.24) is 9.55 Å². The number of aryl methyl sites for hydroxylation is 1. The van der Waals surface area contributed by atoms with Gasteiger partial charge in [0.15, 0.2) is 0 Å². The number of aromatic nitrogens is 2. The van der Waals surface area contributed by atoms with Crippen molar-refractivity contribution in [3.8, 4) is 28.8 Å². The van der Waals surface area contributed by atoms with E-state index in [9.17, 15) is 14.7 Å². The zero-order valence-electron chi connectivity index (χ0n) is 11.2. The van der Waals surface area contributed by atoms with Gasteiger partial charge in [0.2, 0.25) is 5.88 Å². The largest absolute Gasteiger partial charge is 0.494 e. The highest BCUT2D eigenvalue weighted by Gasteiger charge is 2.16. The lowest BCUT2D eigenvalue weighted by Gasteiger charge is -2.10. The van der Waals surface area contributed by atoms with Gasteiger partial charge in [0.1, 0.15) is 5.56 Å². The number of H-pyrrole nitrogens is 1. The normalized spacial score (nSPS) is 9.90. The summed E-state index contributed by atoms with van der Waals surface area (Å²) in [5.41, 5.74) is 0.222. The zero-order chi connectivity index (χ0) is 14.7. The van der Waals surface area contributed by atoms with Crippen molar-refractivity contribution in [2.45, 2.75) is 20.4 Å². The summed E-state index contributed by atoms with van der Waals surface area (Å²) in [7, 11) is 0. The van der Waals surface area contributed by atoms with Gasteiger partial charge in [-0.05, 0) is 25.0 Å².